The van der Waals surface area contributed by atoms with Gasteiger partial charge in [0.05, 0.1) is 0 Å². The van der Waals surface area contributed by atoms with Gasteiger partial charge in [-0.05, 0) is 0 Å². The molecule has 2 nitrogen and oxygen atoms in total. The summed E-state index contributed by atoms with van der Waals surface area (Å²) in [5.41, 5.74) is 0. The Kier molecular flexibility index (Phi) is 139. The van der Waals surface area contributed by atoms with Crippen molar-refractivity contribution < 1.29 is 31.9 Å². The summed E-state index contributed by atoms with van der Waals surface area (Å²) in [5.74, 6) is 0. The SMILES string of the molecule is CO.CO.[CH-]=CC=CC.[Ti]. The molecule has 0 aliphatic heterocycles. The normalized spacial score (nSPS) is 5.70. The van der Waals surface area contributed by atoms with Crippen LogP contribution in [0, 0.1) is 6.58 Å². The molecule has 10 heavy (non-hydrogen) atoms. The minimum Gasteiger partial charge on any atom is -0.400 e. The molecule has 0 amide bonds. The minimum atomic E-state index is 0. The van der Waals surface area contributed by atoms with E-state index in [4.69, 9.17) is 16.8 Å². The third-order valence-electron chi connectivity index (χ3n) is 0.304. The molecule has 0 aromatic rings. The molecule has 0 atom stereocenters. The molecule has 0 radical (unpaired) electrons. The van der Waals surface area contributed by atoms with Crippen LogP contribution in [-0.4, -0.2) is 24.4 Å². The van der Waals surface area contributed by atoms with Gasteiger partial charge in [0.15, 0.2) is 0 Å². The van der Waals surface area contributed by atoms with E-state index in [1.807, 2.05) is 13.0 Å². The van der Waals surface area contributed by atoms with Crippen LogP contribution in [0.15, 0.2) is 18.2 Å². The summed E-state index contributed by atoms with van der Waals surface area (Å²) in [6.07, 6.45) is 5.15. The Balaban J connectivity index is -0.0000000315. The third kappa shape index (κ3) is 91.9. The van der Waals surface area contributed by atoms with Crippen molar-refractivity contribution in [1.29, 1.82) is 0 Å². The first-order chi connectivity index (χ1) is 4.41. The van der Waals surface area contributed by atoms with Crippen LogP contribution >= 0.6 is 0 Å². The average molecular weight is 179 g/mol. The van der Waals surface area contributed by atoms with Gasteiger partial charge in [-0.2, -0.15) is 6.08 Å². The van der Waals surface area contributed by atoms with Crippen LogP contribution in [0.1, 0.15) is 6.92 Å². The van der Waals surface area contributed by atoms with Gasteiger partial charge in [0.1, 0.15) is 0 Å². The number of aliphatic hydroxyl groups is 2. The van der Waals surface area contributed by atoms with E-state index in [2.05, 4.69) is 0 Å². The summed E-state index contributed by atoms with van der Waals surface area (Å²) in [6.45, 7) is 6.85. The molecule has 3 heteroatoms. The maximum absolute atomic E-state index is 7.00. The second-order valence-electron chi connectivity index (χ2n) is 0.718. The quantitative estimate of drug-likeness (QED) is 0.354. The van der Waals surface area contributed by atoms with Gasteiger partial charge in [-0.3, -0.25) is 6.58 Å². The van der Waals surface area contributed by atoms with Gasteiger partial charge in [-0.15, -0.1) is 0 Å². The Morgan fingerprint density at radius 2 is 1.40 bits per heavy atom. The Morgan fingerprint density at radius 3 is 1.40 bits per heavy atom. The van der Waals surface area contributed by atoms with Gasteiger partial charge in [0, 0.05) is 35.9 Å². The molecule has 0 unspecified atom stereocenters. The largest absolute Gasteiger partial charge is 0.400 e. The smallest absolute Gasteiger partial charge is 0.0319 e. The number of rotatable bonds is 1. The summed E-state index contributed by atoms with van der Waals surface area (Å²) in [4.78, 5) is 0. The van der Waals surface area contributed by atoms with Gasteiger partial charge in [-0.1, -0.05) is 6.92 Å². The first-order valence-electron chi connectivity index (χ1n) is 2.47. The van der Waals surface area contributed by atoms with Crippen LogP contribution in [0.4, 0.5) is 0 Å². The zero-order valence-corrected chi connectivity index (χ0v) is 8.27. The molecule has 0 aliphatic rings. The number of hydrogen-bond donors (Lipinski definition) is 2. The summed E-state index contributed by atoms with van der Waals surface area (Å²) in [6, 6.07) is 0. The fraction of sp³-hybridized carbons (Fsp3) is 0.429. The Bertz CT molecular complexity index is 53.6. The minimum absolute atomic E-state index is 0. The molecule has 2 N–H and O–H groups in total. The van der Waals surface area contributed by atoms with Gasteiger partial charge in [0.25, 0.3) is 0 Å². The molecule has 0 fully saturated rings. The molecule has 0 bridgehead atoms. The summed E-state index contributed by atoms with van der Waals surface area (Å²) >= 11 is 0. The molecule has 60 valence electrons. The predicted octanol–water partition coefficient (Wildman–Crippen LogP) is 0.766. The van der Waals surface area contributed by atoms with Crippen molar-refractivity contribution in [3.63, 3.8) is 0 Å². The fourth-order valence-corrected chi connectivity index (χ4v) is 0.111. The monoisotopic (exact) mass is 179 g/mol. The molecule has 0 spiro atoms. The number of allylic oxidation sites excluding steroid dienone is 3. The van der Waals surface area contributed by atoms with E-state index in [-0.39, 0.29) is 21.7 Å². The fourth-order valence-electron chi connectivity index (χ4n) is 0.111. The Hall–Kier alpha value is 0.114. The van der Waals surface area contributed by atoms with Crippen molar-refractivity contribution in [3.8, 4) is 0 Å². The molecule has 0 aromatic carbocycles. The Labute approximate surface area is 78.2 Å². The van der Waals surface area contributed by atoms with E-state index < -0.39 is 0 Å². The summed E-state index contributed by atoms with van der Waals surface area (Å²) in [7, 11) is 2.00. The molecular formula is C7H15O2Ti-. The van der Waals surface area contributed by atoms with E-state index in [1.54, 1.807) is 6.08 Å². The Morgan fingerprint density at radius 1 is 1.10 bits per heavy atom. The molecule has 0 heterocycles. The standard InChI is InChI=1S/C5H7.2CH4O.Ti/c1-3-5-4-2;2*1-2;/h1,3-5H,2H3;2*2H,1H3;/q-1;;;. The molecule has 0 aromatic heterocycles. The van der Waals surface area contributed by atoms with Crippen LogP contribution < -0.4 is 0 Å². The van der Waals surface area contributed by atoms with Gasteiger partial charge >= 0.3 is 0 Å². The average Bonchev–Trinajstić information content (AvgIpc) is 1.98. The van der Waals surface area contributed by atoms with Gasteiger partial charge < -0.3 is 10.2 Å². The third-order valence-corrected chi connectivity index (χ3v) is 0.304. The van der Waals surface area contributed by atoms with Crippen LogP contribution in [0.2, 0.25) is 0 Å². The van der Waals surface area contributed by atoms with Crippen LogP contribution in [-0.2, 0) is 21.7 Å². The molecule has 0 saturated carbocycles. The summed E-state index contributed by atoms with van der Waals surface area (Å²) < 4.78 is 0. The second-order valence-corrected chi connectivity index (χ2v) is 0.718. The van der Waals surface area contributed by atoms with Crippen LogP contribution in [0.3, 0.4) is 0 Å². The molecular weight excluding hydrogens is 164 g/mol. The van der Waals surface area contributed by atoms with Crippen molar-refractivity contribution in [3.05, 3.63) is 24.8 Å². The van der Waals surface area contributed by atoms with E-state index in [9.17, 15) is 0 Å². The molecule has 0 aliphatic carbocycles. The zero-order valence-electron chi connectivity index (χ0n) is 6.70. The van der Waals surface area contributed by atoms with Crippen molar-refractivity contribution in [2.24, 2.45) is 0 Å². The maximum Gasteiger partial charge on any atom is 0.0319 e. The molecule has 0 saturated heterocycles. The number of aliphatic hydroxyl groups excluding tert-OH is 2. The first-order valence-corrected chi connectivity index (χ1v) is 2.47. The van der Waals surface area contributed by atoms with Crippen molar-refractivity contribution in [2.45, 2.75) is 6.92 Å². The predicted molar refractivity (Wildman–Crippen MR) is 40.0 cm³/mol. The van der Waals surface area contributed by atoms with E-state index >= 15 is 0 Å². The van der Waals surface area contributed by atoms with E-state index in [0.29, 0.717) is 0 Å². The van der Waals surface area contributed by atoms with Crippen molar-refractivity contribution in [1.82, 2.24) is 0 Å². The van der Waals surface area contributed by atoms with Gasteiger partial charge in [-0.25, -0.2) is 12.2 Å². The topological polar surface area (TPSA) is 40.5 Å². The van der Waals surface area contributed by atoms with Crippen LogP contribution in [0.25, 0.3) is 0 Å². The summed E-state index contributed by atoms with van der Waals surface area (Å²) in [5, 5.41) is 14.0. The van der Waals surface area contributed by atoms with E-state index in [0.717, 1.165) is 14.2 Å². The van der Waals surface area contributed by atoms with Crippen LogP contribution in [0.5, 0.6) is 0 Å². The van der Waals surface area contributed by atoms with Crippen molar-refractivity contribution >= 4 is 0 Å². The second kappa shape index (κ2) is 61.9. The first kappa shape index (κ1) is 22.5. The van der Waals surface area contributed by atoms with E-state index in [1.165, 1.54) is 6.08 Å². The zero-order chi connectivity index (χ0) is 8.12. The van der Waals surface area contributed by atoms with Crippen molar-refractivity contribution in [2.75, 3.05) is 14.2 Å². The number of hydrogen-bond acceptors (Lipinski definition) is 2. The molecule has 0 rings (SSSR count). The van der Waals surface area contributed by atoms with Gasteiger partial charge in [0.2, 0.25) is 0 Å². The maximum atomic E-state index is 7.00.